The third-order valence-electron chi connectivity index (χ3n) is 3.76. The highest BCUT2D eigenvalue weighted by Crippen LogP contribution is 2.27. The van der Waals surface area contributed by atoms with Gasteiger partial charge in [0.15, 0.2) is 5.75 Å². The van der Waals surface area contributed by atoms with Crippen molar-refractivity contribution >= 4 is 23.2 Å². The van der Waals surface area contributed by atoms with Crippen LogP contribution in [0.5, 0.6) is 5.75 Å². The lowest BCUT2D eigenvalue weighted by Gasteiger charge is -2.08. The van der Waals surface area contributed by atoms with Crippen molar-refractivity contribution in [1.82, 2.24) is 15.1 Å². The van der Waals surface area contributed by atoms with E-state index in [0.717, 1.165) is 11.4 Å². The Balaban J connectivity index is 1.93. The largest absolute Gasteiger partial charge is 0.490 e. The number of halogens is 1. The normalized spacial score (nSPS) is 10.6. The minimum atomic E-state index is -0.581. The molecule has 0 saturated heterocycles. The summed E-state index contributed by atoms with van der Waals surface area (Å²) in [5.41, 5.74) is 1.62. The van der Waals surface area contributed by atoms with Crippen LogP contribution in [0.25, 0.3) is 0 Å². The maximum Gasteiger partial charge on any atom is 0.311 e. The van der Waals surface area contributed by atoms with Gasteiger partial charge in [0.2, 0.25) is 0 Å². The Labute approximate surface area is 149 Å². The number of nitro benzene ring substituents is 1. The first kappa shape index (κ1) is 18.7. The second-order valence-corrected chi connectivity index (χ2v) is 5.84. The van der Waals surface area contributed by atoms with Gasteiger partial charge < -0.3 is 10.1 Å². The van der Waals surface area contributed by atoms with Crippen LogP contribution >= 0.6 is 11.6 Å². The van der Waals surface area contributed by atoms with Crippen LogP contribution in [-0.2, 0) is 6.54 Å². The monoisotopic (exact) mass is 366 g/mol. The lowest BCUT2D eigenvalue weighted by Crippen LogP contribution is -2.25. The van der Waals surface area contributed by atoms with E-state index in [1.807, 2.05) is 13.8 Å². The third kappa shape index (κ3) is 4.27. The van der Waals surface area contributed by atoms with E-state index in [2.05, 4.69) is 10.4 Å². The molecule has 0 aliphatic carbocycles. The second-order valence-electron chi connectivity index (χ2n) is 5.46. The summed E-state index contributed by atoms with van der Waals surface area (Å²) in [7, 11) is 1.34. The fraction of sp³-hybridized carbons (Fsp3) is 0.375. The Kier molecular flexibility index (Phi) is 5.97. The predicted molar refractivity (Wildman–Crippen MR) is 93.3 cm³/mol. The molecule has 2 rings (SSSR count). The topological polar surface area (TPSA) is 99.3 Å². The highest BCUT2D eigenvalue weighted by molar-refractivity contribution is 6.31. The number of aromatic nitrogens is 2. The number of hydrogen-bond acceptors (Lipinski definition) is 5. The van der Waals surface area contributed by atoms with Gasteiger partial charge in [0, 0.05) is 24.7 Å². The second kappa shape index (κ2) is 7.98. The number of ether oxygens (including phenoxy) is 1. The molecule has 0 fully saturated rings. The van der Waals surface area contributed by atoms with Crippen LogP contribution in [0.3, 0.4) is 0 Å². The van der Waals surface area contributed by atoms with Crippen LogP contribution in [0.1, 0.15) is 28.2 Å². The van der Waals surface area contributed by atoms with Crippen LogP contribution in [0, 0.1) is 24.0 Å². The molecule has 1 N–H and O–H groups in total. The minimum Gasteiger partial charge on any atom is -0.490 e. The Hall–Kier alpha value is -2.61. The zero-order chi connectivity index (χ0) is 18.6. The van der Waals surface area contributed by atoms with Gasteiger partial charge in [-0.05, 0) is 32.4 Å². The number of benzene rings is 1. The number of rotatable bonds is 7. The third-order valence-corrected chi connectivity index (χ3v) is 4.31. The van der Waals surface area contributed by atoms with E-state index in [1.165, 1.54) is 25.3 Å². The molecule has 2 aromatic rings. The van der Waals surface area contributed by atoms with E-state index in [1.54, 1.807) is 4.68 Å². The SMILES string of the molecule is COc1ccc(C(=O)NCCCn2nc(C)c(Cl)c2C)cc1[N+](=O)[O-]. The van der Waals surface area contributed by atoms with Crippen molar-refractivity contribution in [3.05, 3.63) is 50.3 Å². The average molecular weight is 367 g/mol. The standard InChI is InChI=1S/C16H19ClN4O4/c1-10-15(17)11(2)20(19-10)8-4-7-18-16(22)12-5-6-14(25-3)13(9-12)21(23)24/h5-6,9H,4,7-8H2,1-3H3,(H,18,22). The molecule has 0 aliphatic rings. The molecule has 1 amide bonds. The van der Waals surface area contributed by atoms with Gasteiger partial charge >= 0.3 is 5.69 Å². The number of hydrogen-bond donors (Lipinski definition) is 1. The zero-order valence-corrected chi connectivity index (χ0v) is 15.0. The number of nitrogens with zero attached hydrogens (tertiary/aromatic N) is 3. The number of carbonyl (C=O) groups excluding carboxylic acids is 1. The summed E-state index contributed by atoms with van der Waals surface area (Å²) in [4.78, 5) is 22.6. The van der Waals surface area contributed by atoms with Gasteiger partial charge in [-0.1, -0.05) is 11.6 Å². The van der Waals surface area contributed by atoms with Crippen LogP contribution in [0.4, 0.5) is 5.69 Å². The number of aryl methyl sites for hydroxylation is 2. The molecule has 0 saturated carbocycles. The summed E-state index contributed by atoms with van der Waals surface area (Å²) in [6.45, 7) is 4.75. The van der Waals surface area contributed by atoms with Crippen LogP contribution in [-0.4, -0.2) is 34.3 Å². The molecule has 0 bridgehead atoms. The first-order chi connectivity index (χ1) is 11.8. The van der Waals surface area contributed by atoms with Crippen molar-refractivity contribution in [2.24, 2.45) is 0 Å². The van der Waals surface area contributed by atoms with Crippen molar-refractivity contribution in [3.8, 4) is 5.75 Å². The van der Waals surface area contributed by atoms with Gasteiger partial charge in [-0.15, -0.1) is 0 Å². The molecule has 9 heteroatoms. The van der Waals surface area contributed by atoms with Gasteiger partial charge in [0.25, 0.3) is 5.91 Å². The number of carbonyl (C=O) groups is 1. The van der Waals surface area contributed by atoms with E-state index in [0.29, 0.717) is 24.5 Å². The molecule has 0 radical (unpaired) electrons. The Morgan fingerprint density at radius 3 is 2.72 bits per heavy atom. The summed E-state index contributed by atoms with van der Waals surface area (Å²) < 4.78 is 6.71. The molecule has 0 atom stereocenters. The van der Waals surface area contributed by atoms with Crippen molar-refractivity contribution in [2.75, 3.05) is 13.7 Å². The highest BCUT2D eigenvalue weighted by Gasteiger charge is 2.18. The molecule has 25 heavy (non-hydrogen) atoms. The number of nitro groups is 1. The maximum atomic E-state index is 12.1. The van der Waals surface area contributed by atoms with Crippen LogP contribution < -0.4 is 10.1 Å². The van der Waals surface area contributed by atoms with E-state index in [4.69, 9.17) is 16.3 Å². The van der Waals surface area contributed by atoms with E-state index in [9.17, 15) is 14.9 Å². The molecule has 134 valence electrons. The number of nitrogens with one attached hydrogen (secondary N) is 1. The summed E-state index contributed by atoms with van der Waals surface area (Å²) >= 11 is 6.09. The average Bonchev–Trinajstić information content (AvgIpc) is 2.84. The van der Waals surface area contributed by atoms with E-state index < -0.39 is 4.92 Å². The minimum absolute atomic E-state index is 0.114. The van der Waals surface area contributed by atoms with Gasteiger partial charge in [0.1, 0.15) is 0 Å². The molecule has 0 aliphatic heterocycles. The summed E-state index contributed by atoms with van der Waals surface area (Å²) in [6, 6.07) is 4.10. The fourth-order valence-corrected chi connectivity index (χ4v) is 2.53. The number of methoxy groups -OCH3 is 1. The molecule has 1 aromatic heterocycles. The van der Waals surface area contributed by atoms with E-state index in [-0.39, 0.29) is 22.9 Å². The van der Waals surface area contributed by atoms with Crippen LogP contribution in [0.2, 0.25) is 5.02 Å². The quantitative estimate of drug-likeness (QED) is 0.461. The zero-order valence-electron chi connectivity index (χ0n) is 14.2. The summed E-state index contributed by atoms with van der Waals surface area (Å²) in [5.74, 6) is -0.264. The molecular formula is C16H19ClN4O4. The lowest BCUT2D eigenvalue weighted by molar-refractivity contribution is -0.385. The van der Waals surface area contributed by atoms with Crippen molar-refractivity contribution in [2.45, 2.75) is 26.8 Å². The number of amides is 1. The fourth-order valence-electron chi connectivity index (χ4n) is 2.40. The van der Waals surface area contributed by atoms with Crippen molar-refractivity contribution < 1.29 is 14.5 Å². The van der Waals surface area contributed by atoms with E-state index >= 15 is 0 Å². The Morgan fingerprint density at radius 2 is 2.16 bits per heavy atom. The van der Waals surface area contributed by atoms with Crippen molar-refractivity contribution in [3.63, 3.8) is 0 Å². The van der Waals surface area contributed by atoms with Crippen molar-refractivity contribution in [1.29, 1.82) is 0 Å². The lowest BCUT2D eigenvalue weighted by atomic mass is 10.1. The smallest absolute Gasteiger partial charge is 0.311 e. The first-order valence-corrected chi connectivity index (χ1v) is 8.03. The molecular weight excluding hydrogens is 348 g/mol. The van der Waals surface area contributed by atoms with Gasteiger partial charge in [-0.2, -0.15) is 5.10 Å². The maximum absolute atomic E-state index is 12.1. The Bertz CT molecular complexity index is 804. The molecule has 0 spiro atoms. The summed E-state index contributed by atoms with van der Waals surface area (Å²) in [5, 5.41) is 18.7. The van der Waals surface area contributed by atoms with Gasteiger partial charge in [-0.3, -0.25) is 19.6 Å². The molecule has 1 heterocycles. The Morgan fingerprint density at radius 1 is 1.44 bits per heavy atom. The van der Waals surface area contributed by atoms with Gasteiger partial charge in [0.05, 0.1) is 28.4 Å². The molecule has 0 unspecified atom stereocenters. The van der Waals surface area contributed by atoms with Crippen LogP contribution in [0.15, 0.2) is 18.2 Å². The highest BCUT2D eigenvalue weighted by atomic mass is 35.5. The molecule has 1 aromatic carbocycles. The predicted octanol–water partition coefficient (Wildman–Crippen LogP) is 2.89. The van der Waals surface area contributed by atoms with Gasteiger partial charge in [-0.25, -0.2) is 0 Å². The first-order valence-electron chi connectivity index (χ1n) is 7.65. The molecule has 8 nitrogen and oxygen atoms in total. The summed E-state index contributed by atoms with van der Waals surface area (Å²) in [6.07, 6.45) is 0.655.